The molecule has 0 amide bonds. The van der Waals surface area contributed by atoms with Crippen molar-refractivity contribution in [3.05, 3.63) is 59.7 Å². The van der Waals surface area contributed by atoms with Gasteiger partial charge in [0.05, 0.1) is 0 Å². The fraction of sp³-hybridized carbons (Fsp3) is 0.333. The first-order valence-electron chi connectivity index (χ1n) is 5.82. The van der Waals surface area contributed by atoms with E-state index in [-0.39, 0.29) is 7.92 Å². The summed E-state index contributed by atoms with van der Waals surface area (Å²) in [6.07, 6.45) is 9.21. The lowest BCUT2D eigenvalue weighted by Gasteiger charge is -2.21. The zero-order valence-electron chi connectivity index (χ0n) is 10.1. The number of rotatable bonds is 4. The smallest absolute Gasteiger partial charge is 0.00934 e. The van der Waals surface area contributed by atoms with E-state index < -0.39 is 0 Å². The van der Waals surface area contributed by atoms with E-state index in [1.807, 2.05) is 0 Å². The molecule has 0 nitrogen and oxygen atoms in total. The van der Waals surface area contributed by atoms with Crippen molar-refractivity contribution in [2.75, 3.05) is 19.5 Å². The lowest BCUT2D eigenvalue weighted by atomic mass is 9.92. The van der Waals surface area contributed by atoms with Gasteiger partial charge in [0.1, 0.15) is 0 Å². The Hall–Kier alpha value is -0.870. The van der Waals surface area contributed by atoms with Gasteiger partial charge in [0.15, 0.2) is 0 Å². The monoisotopic (exact) mass is 230 g/mol. The van der Waals surface area contributed by atoms with Crippen molar-refractivity contribution < 1.29 is 0 Å². The van der Waals surface area contributed by atoms with E-state index in [1.54, 1.807) is 5.57 Å². The summed E-state index contributed by atoms with van der Waals surface area (Å²) in [5, 5.41) is 0. The van der Waals surface area contributed by atoms with Gasteiger partial charge < -0.3 is 0 Å². The first-order chi connectivity index (χ1) is 7.77. The number of benzene rings is 1. The molecule has 0 saturated heterocycles. The quantitative estimate of drug-likeness (QED) is 0.672. The fourth-order valence-electron chi connectivity index (χ4n) is 2.21. The first-order valence-corrected chi connectivity index (χ1v) is 8.25. The van der Waals surface area contributed by atoms with Crippen molar-refractivity contribution >= 4 is 7.92 Å². The lowest BCUT2D eigenvalue weighted by molar-refractivity contribution is 0.878. The van der Waals surface area contributed by atoms with Crippen LogP contribution in [0.3, 0.4) is 0 Å². The summed E-state index contributed by atoms with van der Waals surface area (Å²) in [6.45, 7) is 4.74. The fourth-order valence-corrected chi connectivity index (χ4v) is 3.39. The topological polar surface area (TPSA) is 0 Å². The minimum Gasteiger partial charge on any atom is -0.112 e. The second-order valence-electron chi connectivity index (χ2n) is 4.60. The Morgan fingerprint density at radius 1 is 1.19 bits per heavy atom. The van der Waals surface area contributed by atoms with Crippen molar-refractivity contribution in [3.63, 3.8) is 0 Å². The number of hydrogen-bond acceptors (Lipinski definition) is 0. The summed E-state index contributed by atoms with van der Waals surface area (Å²) in [6, 6.07) is 10.9. The van der Waals surface area contributed by atoms with Crippen LogP contribution in [0.1, 0.15) is 17.9 Å². The summed E-state index contributed by atoms with van der Waals surface area (Å²) in [7, 11) is 0.152. The Labute approximate surface area is 99.8 Å². The number of allylic oxidation sites excluding steroid dienone is 4. The molecule has 0 radical (unpaired) electrons. The van der Waals surface area contributed by atoms with Gasteiger partial charge in [-0.1, -0.05) is 54.1 Å². The highest BCUT2D eigenvalue weighted by Gasteiger charge is 2.18. The molecule has 1 unspecified atom stereocenters. The van der Waals surface area contributed by atoms with Crippen LogP contribution in [0.2, 0.25) is 0 Å². The van der Waals surface area contributed by atoms with Crippen LogP contribution in [0.5, 0.6) is 0 Å². The Bertz CT molecular complexity index is 387. The van der Waals surface area contributed by atoms with E-state index in [4.69, 9.17) is 0 Å². The normalized spacial score (nSPS) is 16.6. The molecular weight excluding hydrogens is 211 g/mol. The SMILES string of the molecule is CP(C)CC(C1=CC=CC1)c1ccccc1. The van der Waals surface area contributed by atoms with E-state index >= 15 is 0 Å². The van der Waals surface area contributed by atoms with Crippen LogP contribution < -0.4 is 0 Å². The van der Waals surface area contributed by atoms with Gasteiger partial charge in [0, 0.05) is 5.92 Å². The van der Waals surface area contributed by atoms with Crippen molar-refractivity contribution in [2.24, 2.45) is 0 Å². The van der Waals surface area contributed by atoms with Gasteiger partial charge in [-0.25, -0.2) is 0 Å². The Balaban J connectivity index is 2.21. The van der Waals surface area contributed by atoms with Gasteiger partial charge in [0.25, 0.3) is 0 Å². The van der Waals surface area contributed by atoms with E-state index in [0.717, 1.165) is 6.42 Å². The molecule has 16 heavy (non-hydrogen) atoms. The largest absolute Gasteiger partial charge is 0.112 e. The third kappa shape index (κ3) is 2.83. The summed E-state index contributed by atoms with van der Waals surface area (Å²) >= 11 is 0. The van der Waals surface area contributed by atoms with E-state index in [1.165, 1.54) is 11.7 Å². The highest BCUT2D eigenvalue weighted by Crippen LogP contribution is 2.39. The van der Waals surface area contributed by atoms with Crippen LogP contribution in [0.15, 0.2) is 54.1 Å². The Kier molecular flexibility index (Phi) is 3.96. The summed E-state index contributed by atoms with van der Waals surface area (Å²) in [5.41, 5.74) is 3.07. The average Bonchev–Trinajstić information content (AvgIpc) is 2.80. The molecule has 0 aromatic heterocycles. The summed E-state index contributed by atoms with van der Waals surface area (Å²) in [4.78, 5) is 0. The lowest BCUT2D eigenvalue weighted by Crippen LogP contribution is -2.05. The zero-order valence-corrected chi connectivity index (χ0v) is 11.0. The van der Waals surface area contributed by atoms with E-state index in [9.17, 15) is 0 Å². The molecule has 0 aliphatic heterocycles. The van der Waals surface area contributed by atoms with Crippen LogP contribution >= 0.6 is 7.92 Å². The van der Waals surface area contributed by atoms with Crippen LogP contribution in [-0.2, 0) is 0 Å². The molecule has 1 aliphatic carbocycles. The standard InChI is InChI=1S/C15H19P/c1-16(2)12-15(14-10-6-7-11-14)13-8-4-3-5-9-13/h3-10,15H,11-12H2,1-2H3. The van der Waals surface area contributed by atoms with Crippen LogP contribution in [-0.4, -0.2) is 19.5 Å². The molecule has 0 fully saturated rings. The van der Waals surface area contributed by atoms with Gasteiger partial charge in [-0.2, -0.15) is 0 Å². The van der Waals surface area contributed by atoms with Crippen molar-refractivity contribution in [1.82, 2.24) is 0 Å². The van der Waals surface area contributed by atoms with Gasteiger partial charge in [-0.05, 0) is 31.5 Å². The Morgan fingerprint density at radius 3 is 2.50 bits per heavy atom. The van der Waals surface area contributed by atoms with Gasteiger partial charge in [0.2, 0.25) is 0 Å². The molecule has 2 rings (SSSR count). The van der Waals surface area contributed by atoms with Gasteiger partial charge in [-0.3, -0.25) is 0 Å². The van der Waals surface area contributed by atoms with Crippen molar-refractivity contribution in [2.45, 2.75) is 12.3 Å². The zero-order chi connectivity index (χ0) is 11.4. The number of hydrogen-bond donors (Lipinski definition) is 0. The minimum absolute atomic E-state index is 0.152. The average molecular weight is 230 g/mol. The van der Waals surface area contributed by atoms with E-state index in [0.29, 0.717) is 5.92 Å². The van der Waals surface area contributed by atoms with Crippen LogP contribution in [0.4, 0.5) is 0 Å². The molecule has 84 valence electrons. The summed E-state index contributed by atoms with van der Waals surface area (Å²) < 4.78 is 0. The summed E-state index contributed by atoms with van der Waals surface area (Å²) in [5.74, 6) is 0.636. The van der Waals surface area contributed by atoms with Gasteiger partial charge >= 0.3 is 0 Å². The minimum atomic E-state index is 0.152. The predicted octanol–water partition coefficient (Wildman–Crippen LogP) is 4.40. The second-order valence-corrected chi connectivity index (χ2v) is 7.12. The molecule has 1 aliphatic rings. The molecule has 0 N–H and O–H groups in total. The highest BCUT2D eigenvalue weighted by atomic mass is 31.1. The highest BCUT2D eigenvalue weighted by molar-refractivity contribution is 7.56. The molecule has 1 heteroatoms. The third-order valence-corrected chi connectivity index (χ3v) is 4.09. The molecule has 1 atom stereocenters. The third-order valence-electron chi connectivity index (χ3n) is 3.00. The molecule has 0 heterocycles. The molecule has 0 saturated carbocycles. The Morgan fingerprint density at radius 2 is 1.94 bits per heavy atom. The molecule has 1 aromatic carbocycles. The second kappa shape index (κ2) is 5.46. The maximum Gasteiger partial charge on any atom is 0.00934 e. The maximum atomic E-state index is 2.37. The van der Waals surface area contributed by atoms with Crippen LogP contribution in [0.25, 0.3) is 0 Å². The van der Waals surface area contributed by atoms with Crippen molar-refractivity contribution in [1.29, 1.82) is 0 Å². The van der Waals surface area contributed by atoms with E-state index in [2.05, 4.69) is 61.9 Å². The molecule has 1 aromatic rings. The van der Waals surface area contributed by atoms with Crippen molar-refractivity contribution in [3.8, 4) is 0 Å². The molecular formula is C15H19P. The first kappa shape index (κ1) is 11.6. The van der Waals surface area contributed by atoms with Crippen LogP contribution in [0, 0.1) is 0 Å². The van der Waals surface area contributed by atoms with Gasteiger partial charge in [-0.15, -0.1) is 7.92 Å². The molecule has 0 bridgehead atoms. The predicted molar refractivity (Wildman–Crippen MR) is 74.7 cm³/mol. The molecule has 0 spiro atoms. The maximum absolute atomic E-state index is 2.37.